The van der Waals surface area contributed by atoms with Crippen molar-refractivity contribution >= 4 is 17.6 Å². The number of carbonyl (C=O) groups excluding carboxylic acids is 1. The number of nitrogens with zero attached hydrogens (tertiary/aromatic N) is 2. The zero-order valence-electron chi connectivity index (χ0n) is 14.6. The molecule has 26 heavy (non-hydrogen) atoms. The fourth-order valence-corrected chi connectivity index (χ4v) is 2.20. The molecule has 0 atom stereocenters. The number of rotatable bonds is 6. The van der Waals surface area contributed by atoms with Crippen LogP contribution in [0.2, 0.25) is 0 Å². The van der Waals surface area contributed by atoms with Crippen molar-refractivity contribution in [1.82, 2.24) is 9.13 Å². The molecule has 0 bridgehead atoms. The van der Waals surface area contributed by atoms with Gasteiger partial charge in [0.15, 0.2) is 0 Å². The molecule has 1 heterocycles. The molecule has 1 aromatic carbocycles. The van der Waals surface area contributed by atoms with E-state index in [1.54, 1.807) is 13.8 Å². The molecule has 138 valence electrons. The fourth-order valence-electron chi connectivity index (χ4n) is 2.20. The number of aromatic nitrogens is 2. The van der Waals surface area contributed by atoms with Crippen LogP contribution in [0.1, 0.15) is 24.2 Å². The third-order valence-electron chi connectivity index (χ3n) is 3.44. The Hall–Kier alpha value is -3.36. The highest BCUT2D eigenvalue weighted by molar-refractivity contribution is 5.95. The van der Waals surface area contributed by atoms with E-state index in [1.165, 1.54) is 37.5 Å². The Morgan fingerprint density at radius 2 is 1.92 bits per heavy atom. The number of carboxylic acids is 1. The molecule has 9 heteroatoms. The van der Waals surface area contributed by atoms with Crippen LogP contribution in [0.25, 0.3) is 0 Å². The lowest BCUT2D eigenvalue weighted by molar-refractivity contribution is -0.116. The molecule has 1 amide bonds. The maximum Gasteiger partial charge on any atom is 0.335 e. The maximum atomic E-state index is 12.3. The van der Waals surface area contributed by atoms with Crippen molar-refractivity contribution < 1.29 is 19.4 Å². The SMILES string of the molecule is CC(C)Oc1ccc(C(=O)O)cc1NC(=O)Cn1ccc(=O)n(C)c1=O. The van der Waals surface area contributed by atoms with E-state index in [0.29, 0.717) is 5.75 Å². The predicted octanol–water partition coefficient (Wildman–Crippen LogP) is 0.671. The van der Waals surface area contributed by atoms with Gasteiger partial charge in [-0.25, -0.2) is 9.59 Å². The van der Waals surface area contributed by atoms with Gasteiger partial charge < -0.3 is 15.2 Å². The number of hydrogen-bond acceptors (Lipinski definition) is 5. The van der Waals surface area contributed by atoms with Crippen LogP contribution >= 0.6 is 0 Å². The minimum absolute atomic E-state index is 0.0179. The smallest absolute Gasteiger partial charge is 0.335 e. The molecule has 0 radical (unpaired) electrons. The van der Waals surface area contributed by atoms with Gasteiger partial charge in [0.05, 0.1) is 17.4 Å². The normalized spacial score (nSPS) is 10.6. The molecule has 2 N–H and O–H groups in total. The van der Waals surface area contributed by atoms with Gasteiger partial charge in [-0.1, -0.05) is 0 Å². The van der Waals surface area contributed by atoms with Gasteiger partial charge in [-0.15, -0.1) is 0 Å². The van der Waals surface area contributed by atoms with Gasteiger partial charge in [-0.2, -0.15) is 0 Å². The summed E-state index contributed by atoms with van der Waals surface area (Å²) >= 11 is 0. The zero-order valence-corrected chi connectivity index (χ0v) is 14.6. The second-order valence-corrected chi connectivity index (χ2v) is 5.85. The van der Waals surface area contributed by atoms with Crippen molar-refractivity contribution in [2.45, 2.75) is 26.5 Å². The summed E-state index contributed by atoms with van der Waals surface area (Å²) in [5.41, 5.74) is -0.948. The van der Waals surface area contributed by atoms with Crippen molar-refractivity contribution in [1.29, 1.82) is 0 Å². The first-order valence-electron chi connectivity index (χ1n) is 7.79. The second kappa shape index (κ2) is 7.68. The largest absolute Gasteiger partial charge is 0.489 e. The molecule has 0 saturated heterocycles. The van der Waals surface area contributed by atoms with Crippen LogP contribution in [-0.4, -0.2) is 32.2 Å². The van der Waals surface area contributed by atoms with Gasteiger partial charge in [0.2, 0.25) is 5.91 Å². The third-order valence-corrected chi connectivity index (χ3v) is 3.44. The average Bonchev–Trinajstić information content (AvgIpc) is 2.56. The summed E-state index contributed by atoms with van der Waals surface area (Å²) in [6.45, 7) is 3.24. The highest BCUT2D eigenvalue weighted by atomic mass is 16.5. The van der Waals surface area contributed by atoms with Crippen LogP contribution in [-0.2, 0) is 18.4 Å². The van der Waals surface area contributed by atoms with E-state index in [0.717, 1.165) is 9.13 Å². The number of anilines is 1. The van der Waals surface area contributed by atoms with Gasteiger partial charge >= 0.3 is 11.7 Å². The summed E-state index contributed by atoms with van der Waals surface area (Å²) in [6, 6.07) is 5.28. The number of carbonyl (C=O) groups is 2. The highest BCUT2D eigenvalue weighted by Crippen LogP contribution is 2.27. The number of carboxylic acid groups (broad SMARTS) is 1. The number of hydrogen-bond donors (Lipinski definition) is 2. The number of nitrogens with one attached hydrogen (secondary N) is 1. The van der Waals surface area contributed by atoms with Crippen LogP contribution in [0, 0.1) is 0 Å². The van der Waals surface area contributed by atoms with Gasteiger partial charge in [-0.05, 0) is 32.0 Å². The van der Waals surface area contributed by atoms with Crippen molar-refractivity contribution in [3.63, 3.8) is 0 Å². The Balaban J connectivity index is 2.28. The van der Waals surface area contributed by atoms with Crippen LogP contribution in [0.15, 0.2) is 40.1 Å². The molecule has 0 aliphatic rings. The van der Waals surface area contributed by atoms with E-state index in [9.17, 15) is 19.2 Å². The summed E-state index contributed by atoms with van der Waals surface area (Å²) in [6.07, 6.45) is 1.04. The highest BCUT2D eigenvalue weighted by Gasteiger charge is 2.14. The van der Waals surface area contributed by atoms with Crippen molar-refractivity contribution in [3.05, 3.63) is 56.9 Å². The summed E-state index contributed by atoms with van der Waals surface area (Å²) < 4.78 is 7.52. The van der Waals surface area contributed by atoms with E-state index in [4.69, 9.17) is 9.84 Å². The lowest BCUT2D eigenvalue weighted by Gasteiger charge is -2.16. The molecular weight excluding hydrogens is 342 g/mol. The first kappa shape index (κ1) is 19.0. The van der Waals surface area contributed by atoms with E-state index in [1.807, 2.05) is 0 Å². The minimum atomic E-state index is -1.15. The Morgan fingerprint density at radius 3 is 2.54 bits per heavy atom. The van der Waals surface area contributed by atoms with Crippen LogP contribution < -0.4 is 21.3 Å². The van der Waals surface area contributed by atoms with Gasteiger partial charge in [0.25, 0.3) is 5.56 Å². The summed E-state index contributed by atoms with van der Waals surface area (Å²) in [4.78, 5) is 46.8. The van der Waals surface area contributed by atoms with E-state index in [-0.39, 0.29) is 23.9 Å². The van der Waals surface area contributed by atoms with Crippen LogP contribution in [0.3, 0.4) is 0 Å². The number of ether oxygens (including phenoxy) is 1. The molecule has 9 nitrogen and oxygen atoms in total. The third kappa shape index (κ3) is 4.38. The number of benzene rings is 1. The van der Waals surface area contributed by atoms with E-state index < -0.39 is 23.1 Å². The predicted molar refractivity (Wildman–Crippen MR) is 93.7 cm³/mol. The van der Waals surface area contributed by atoms with Gasteiger partial charge in [-0.3, -0.25) is 18.7 Å². The molecule has 0 fully saturated rings. The molecule has 2 aromatic rings. The lowest BCUT2D eigenvalue weighted by atomic mass is 10.2. The Bertz CT molecular complexity index is 958. The van der Waals surface area contributed by atoms with E-state index in [2.05, 4.69) is 5.32 Å². The van der Waals surface area contributed by atoms with E-state index >= 15 is 0 Å². The van der Waals surface area contributed by atoms with Gasteiger partial charge in [0.1, 0.15) is 12.3 Å². The summed E-state index contributed by atoms with van der Waals surface area (Å²) in [7, 11) is 1.31. The molecule has 0 saturated carbocycles. The Kier molecular flexibility index (Phi) is 5.61. The number of aromatic carboxylic acids is 1. The molecule has 0 spiro atoms. The minimum Gasteiger partial charge on any atom is -0.489 e. The van der Waals surface area contributed by atoms with Gasteiger partial charge in [0, 0.05) is 19.3 Å². The molecular formula is C17H19N3O6. The molecule has 0 aliphatic carbocycles. The standard InChI is InChI=1S/C17H19N3O6/c1-10(2)26-13-5-4-11(16(23)24)8-12(13)18-14(21)9-20-7-6-15(22)19(3)17(20)25/h4-8,10H,9H2,1-3H3,(H,18,21)(H,23,24). The molecule has 0 unspecified atom stereocenters. The first-order valence-corrected chi connectivity index (χ1v) is 7.79. The topological polar surface area (TPSA) is 120 Å². The second-order valence-electron chi connectivity index (χ2n) is 5.85. The Morgan fingerprint density at radius 1 is 1.23 bits per heavy atom. The maximum absolute atomic E-state index is 12.3. The summed E-state index contributed by atoms with van der Waals surface area (Å²) in [5, 5.41) is 11.7. The molecule has 2 rings (SSSR count). The molecule has 1 aromatic heterocycles. The Labute approximate surface area is 148 Å². The van der Waals surface area contributed by atoms with Crippen molar-refractivity contribution in [2.24, 2.45) is 7.05 Å². The first-order chi connectivity index (χ1) is 12.2. The van der Waals surface area contributed by atoms with Crippen molar-refractivity contribution in [3.8, 4) is 5.75 Å². The monoisotopic (exact) mass is 361 g/mol. The lowest BCUT2D eigenvalue weighted by Crippen LogP contribution is -2.39. The van der Waals surface area contributed by atoms with Crippen LogP contribution in [0.4, 0.5) is 5.69 Å². The average molecular weight is 361 g/mol. The fraction of sp³-hybridized carbons (Fsp3) is 0.294. The quantitative estimate of drug-likeness (QED) is 0.780. The molecule has 0 aliphatic heterocycles. The summed E-state index contributed by atoms with van der Waals surface area (Å²) in [5.74, 6) is -1.40. The number of amides is 1. The van der Waals surface area contributed by atoms with Crippen molar-refractivity contribution in [2.75, 3.05) is 5.32 Å². The zero-order chi connectivity index (χ0) is 19.4. The van der Waals surface area contributed by atoms with Crippen LogP contribution in [0.5, 0.6) is 5.75 Å².